The Labute approximate surface area is 98.8 Å². The van der Waals surface area contributed by atoms with Crippen molar-refractivity contribution in [3.63, 3.8) is 0 Å². The Balaban J connectivity index is 3.22. The number of aromatic nitrogens is 1. The summed E-state index contributed by atoms with van der Waals surface area (Å²) in [5, 5.41) is 9.43. The van der Waals surface area contributed by atoms with Crippen LogP contribution in [0.4, 0.5) is 4.79 Å². The van der Waals surface area contributed by atoms with Crippen LogP contribution >= 0.6 is 0 Å². The number of hydrogen-bond acceptors (Lipinski definition) is 5. The molecule has 96 valence electrons. The lowest BCUT2D eigenvalue weighted by molar-refractivity contribution is 0.0520. The van der Waals surface area contributed by atoms with E-state index in [1.165, 1.54) is 0 Å². The van der Waals surface area contributed by atoms with Gasteiger partial charge in [-0.3, -0.25) is 0 Å². The van der Waals surface area contributed by atoms with Crippen LogP contribution in [0.25, 0.3) is 0 Å². The second-order valence-electron chi connectivity index (χ2n) is 5.03. The summed E-state index contributed by atoms with van der Waals surface area (Å²) in [6.07, 6.45) is -0.852. The molecule has 0 atom stereocenters. The van der Waals surface area contributed by atoms with Crippen LogP contribution in [0.5, 0.6) is 5.95 Å². The van der Waals surface area contributed by atoms with E-state index in [4.69, 9.17) is 4.74 Å². The van der Waals surface area contributed by atoms with Crippen LogP contribution in [-0.2, 0) is 4.74 Å². The van der Waals surface area contributed by atoms with Crippen molar-refractivity contribution in [3.8, 4) is 5.95 Å². The number of rotatable bonds is 1. The molecule has 0 radical (unpaired) electrons. The highest BCUT2D eigenvalue weighted by molar-refractivity contribution is 5.72. The van der Waals surface area contributed by atoms with Gasteiger partial charge in [-0.2, -0.15) is 4.57 Å². The van der Waals surface area contributed by atoms with E-state index in [1.807, 2.05) is 0 Å². The maximum atomic E-state index is 11.8. The van der Waals surface area contributed by atoms with E-state index >= 15 is 0 Å². The Morgan fingerprint density at radius 2 is 1.94 bits per heavy atom. The smallest absolute Gasteiger partial charge is 0.431 e. The lowest BCUT2D eigenvalue weighted by atomic mass is 10.1. The summed E-state index contributed by atoms with van der Waals surface area (Å²) in [7, 11) is 0. The standard InChI is InChI=1S/C11H17NO5/c1-6(2)7-8(13)16-9(14)12(7)10(15)17-11(3,4)5/h6,13H,1-5H3. The van der Waals surface area contributed by atoms with Gasteiger partial charge in [0, 0.05) is 5.92 Å². The molecule has 0 amide bonds. The number of aromatic hydroxyl groups is 1. The van der Waals surface area contributed by atoms with Crippen LogP contribution < -0.4 is 5.76 Å². The number of oxazole rings is 1. The third-order valence-corrected chi connectivity index (χ3v) is 1.95. The SMILES string of the molecule is CC(C)c1c(O)oc(=O)n1C(=O)OC(C)(C)C. The molecule has 1 aromatic rings. The first-order chi connectivity index (χ1) is 7.63. The number of carbonyl (C=O) groups excluding carboxylic acids is 1. The minimum atomic E-state index is -0.944. The van der Waals surface area contributed by atoms with Crippen LogP contribution in [0, 0.1) is 0 Å². The second kappa shape index (κ2) is 4.27. The minimum absolute atomic E-state index is 0.115. The summed E-state index contributed by atoms with van der Waals surface area (Å²) in [6, 6.07) is 0. The molecule has 0 aliphatic heterocycles. The lowest BCUT2D eigenvalue weighted by Gasteiger charge is -2.19. The van der Waals surface area contributed by atoms with E-state index < -0.39 is 23.4 Å². The topological polar surface area (TPSA) is 81.7 Å². The van der Waals surface area contributed by atoms with E-state index in [9.17, 15) is 14.7 Å². The van der Waals surface area contributed by atoms with Crippen molar-refractivity contribution in [2.45, 2.75) is 46.1 Å². The van der Waals surface area contributed by atoms with E-state index in [-0.39, 0.29) is 11.6 Å². The van der Waals surface area contributed by atoms with Gasteiger partial charge in [0.05, 0.1) is 0 Å². The molecule has 1 aromatic heterocycles. The molecule has 0 fully saturated rings. The average molecular weight is 243 g/mol. The zero-order valence-corrected chi connectivity index (χ0v) is 10.6. The molecule has 1 rings (SSSR count). The van der Waals surface area contributed by atoms with Crippen molar-refractivity contribution in [3.05, 3.63) is 16.2 Å². The summed E-state index contributed by atoms with van der Waals surface area (Å²) in [5.41, 5.74) is -0.609. The van der Waals surface area contributed by atoms with Gasteiger partial charge in [-0.25, -0.2) is 9.59 Å². The summed E-state index contributed by atoms with van der Waals surface area (Å²) >= 11 is 0. The van der Waals surface area contributed by atoms with E-state index in [2.05, 4.69) is 4.42 Å². The predicted octanol–water partition coefficient (Wildman–Crippen LogP) is 2.05. The molecule has 1 N–H and O–H groups in total. The van der Waals surface area contributed by atoms with Crippen LogP contribution in [-0.4, -0.2) is 21.4 Å². The fourth-order valence-electron chi connectivity index (χ4n) is 1.36. The van der Waals surface area contributed by atoms with Gasteiger partial charge in [0.25, 0.3) is 0 Å². The molecule has 0 aromatic carbocycles. The van der Waals surface area contributed by atoms with Crippen LogP contribution in [0.15, 0.2) is 9.21 Å². The molecule has 0 bridgehead atoms. The zero-order valence-electron chi connectivity index (χ0n) is 10.6. The predicted molar refractivity (Wildman–Crippen MR) is 60.4 cm³/mol. The van der Waals surface area contributed by atoms with Crippen molar-refractivity contribution in [1.29, 1.82) is 0 Å². The summed E-state index contributed by atoms with van der Waals surface area (Å²) in [5.74, 6) is -1.73. The second-order valence-corrected chi connectivity index (χ2v) is 5.03. The van der Waals surface area contributed by atoms with Crippen molar-refractivity contribution < 1.29 is 19.1 Å². The van der Waals surface area contributed by atoms with Crippen LogP contribution in [0.2, 0.25) is 0 Å². The molecule has 0 spiro atoms. The third-order valence-electron chi connectivity index (χ3n) is 1.95. The van der Waals surface area contributed by atoms with Crippen molar-refractivity contribution >= 4 is 6.09 Å². The lowest BCUT2D eigenvalue weighted by Crippen LogP contribution is -2.33. The molecule has 6 heteroatoms. The number of nitrogens with zero attached hydrogens (tertiary/aromatic N) is 1. The molecule has 0 aliphatic rings. The number of carbonyl (C=O) groups is 1. The molecule has 0 aliphatic carbocycles. The molecular formula is C11H17NO5. The van der Waals surface area contributed by atoms with Gasteiger partial charge < -0.3 is 14.3 Å². The van der Waals surface area contributed by atoms with E-state index in [1.54, 1.807) is 34.6 Å². The van der Waals surface area contributed by atoms with Crippen molar-refractivity contribution in [2.75, 3.05) is 0 Å². The Morgan fingerprint density at radius 1 is 1.41 bits per heavy atom. The minimum Gasteiger partial charge on any atom is -0.479 e. The maximum absolute atomic E-state index is 11.8. The first kappa shape index (κ1) is 13.3. The summed E-state index contributed by atoms with van der Waals surface area (Å²) in [6.45, 7) is 8.51. The van der Waals surface area contributed by atoms with E-state index in [0.29, 0.717) is 4.57 Å². The van der Waals surface area contributed by atoms with Crippen molar-refractivity contribution in [1.82, 2.24) is 4.57 Å². The van der Waals surface area contributed by atoms with Crippen LogP contribution in [0.1, 0.15) is 46.2 Å². The highest BCUT2D eigenvalue weighted by Gasteiger charge is 2.27. The van der Waals surface area contributed by atoms with Gasteiger partial charge in [0.2, 0.25) is 0 Å². The quantitative estimate of drug-likeness (QED) is 0.816. The first-order valence-corrected chi connectivity index (χ1v) is 5.31. The average Bonchev–Trinajstić information content (AvgIpc) is 2.37. The monoisotopic (exact) mass is 243 g/mol. The van der Waals surface area contributed by atoms with Gasteiger partial charge in [-0.05, 0) is 20.8 Å². The Bertz CT molecular complexity index is 475. The molecule has 6 nitrogen and oxygen atoms in total. The Morgan fingerprint density at radius 3 is 2.35 bits per heavy atom. The molecule has 17 heavy (non-hydrogen) atoms. The van der Waals surface area contributed by atoms with Gasteiger partial charge >= 0.3 is 17.8 Å². The molecule has 0 saturated carbocycles. The summed E-state index contributed by atoms with van der Waals surface area (Å²) < 4.78 is 10.3. The zero-order chi connectivity index (χ0) is 13.4. The fourth-order valence-corrected chi connectivity index (χ4v) is 1.36. The van der Waals surface area contributed by atoms with Crippen LogP contribution in [0.3, 0.4) is 0 Å². The molecular weight excluding hydrogens is 226 g/mol. The third kappa shape index (κ3) is 2.89. The Hall–Kier alpha value is -1.72. The van der Waals surface area contributed by atoms with Gasteiger partial charge in [0.15, 0.2) is 0 Å². The first-order valence-electron chi connectivity index (χ1n) is 5.31. The fraction of sp³-hybridized carbons (Fsp3) is 0.636. The summed E-state index contributed by atoms with van der Waals surface area (Å²) in [4.78, 5) is 23.2. The van der Waals surface area contributed by atoms with Gasteiger partial charge in [-0.15, -0.1) is 0 Å². The number of hydrogen-bond donors (Lipinski definition) is 1. The number of ether oxygens (including phenoxy) is 1. The molecule has 0 saturated heterocycles. The van der Waals surface area contributed by atoms with Gasteiger partial charge in [-0.1, -0.05) is 13.8 Å². The highest BCUT2D eigenvalue weighted by Crippen LogP contribution is 2.24. The normalized spacial score (nSPS) is 11.9. The highest BCUT2D eigenvalue weighted by atomic mass is 16.6. The maximum Gasteiger partial charge on any atom is 0.431 e. The van der Waals surface area contributed by atoms with Gasteiger partial charge in [0.1, 0.15) is 11.3 Å². The van der Waals surface area contributed by atoms with E-state index in [0.717, 1.165) is 0 Å². The molecule has 1 heterocycles. The Kier molecular flexibility index (Phi) is 3.35. The molecule has 0 unspecified atom stereocenters. The van der Waals surface area contributed by atoms with Crippen molar-refractivity contribution in [2.24, 2.45) is 0 Å². The largest absolute Gasteiger partial charge is 0.479 e.